The third kappa shape index (κ3) is 2.30. The summed E-state index contributed by atoms with van der Waals surface area (Å²) in [5.74, 6) is 0. The minimum Gasteiger partial charge on any atom is -0.376 e. The molecule has 94 valence electrons. The van der Waals surface area contributed by atoms with Gasteiger partial charge in [-0.25, -0.2) is 13.6 Å². The molecule has 0 unspecified atom stereocenters. The van der Waals surface area contributed by atoms with E-state index in [1.807, 2.05) is 25.1 Å². The molecule has 0 amide bonds. The predicted octanol–water partition coefficient (Wildman–Crippen LogP) is 1.28. The largest absolute Gasteiger partial charge is 0.376 e. The lowest BCUT2D eigenvalue weighted by Crippen LogP contribution is -2.22. The molecule has 0 heterocycles. The number of rotatable bonds is 2. The molecule has 0 spiro atoms. The summed E-state index contributed by atoms with van der Waals surface area (Å²) in [6, 6.07) is 3.54. The maximum absolute atomic E-state index is 11.6. The predicted molar refractivity (Wildman–Crippen MR) is 68.8 cm³/mol. The van der Waals surface area contributed by atoms with Crippen LogP contribution in [-0.4, -0.2) is 22.5 Å². The molecule has 1 aromatic rings. The van der Waals surface area contributed by atoms with Crippen LogP contribution in [0.25, 0.3) is 0 Å². The first-order chi connectivity index (χ1) is 7.91. The van der Waals surface area contributed by atoms with Crippen molar-refractivity contribution in [3.63, 3.8) is 0 Å². The number of hydrogen-bond donors (Lipinski definition) is 1. The van der Waals surface area contributed by atoms with Gasteiger partial charge in [-0.15, -0.1) is 0 Å². The molecular weight excluding hydrogens is 236 g/mol. The van der Waals surface area contributed by atoms with Crippen LogP contribution in [0.3, 0.4) is 0 Å². The Hall–Kier alpha value is -1.07. The fraction of sp³-hybridized carbons (Fsp3) is 0.500. The van der Waals surface area contributed by atoms with Crippen molar-refractivity contribution in [1.29, 1.82) is 0 Å². The van der Waals surface area contributed by atoms with Gasteiger partial charge in [-0.3, -0.25) is 0 Å². The molecule has 0 aromatic heterocycles. The quantitative estimate of drug-likeness (QED) is 0.864. The summed E-state index contributed by atoms with van der Waals surface area (Å²) >= 11 is 0. The number of anilines is 1. The molecule has 0 atom stereocenters. The van der Waals surface area contributed by atoms with Gasteiger partial charge in [-0.1, -0.05) is 6.07 Å². The zero-order valence-corrected chi connectivity index (χ0v) is 11.0. The first-order valence-electron chi connectivity index (χ1n) is 5.76. The monoisotopic (exact) mass is 254 g/mol. The van der Waals surface area contributed by atoms with Gasteiger partial charge in [0, 0.05) is 14.1 Å². The molecule has 0 saturated heterocycles. The zero-order valence-electron chi connectivity index (χ0n) is 10.2. The highest BCUT2D eigenvalue weighted by molar-refractivity contribution is 7.89. The number of aryl methyl sites for hydroxylation is 1. The van der Waals surface area contributed by atoms with Crippen LogP contribution in [0.5, 0.6) is 0 Å². The van der Waals surface area contributed by atoms with Crippen molar-refractivity contribution >= 4 is 15.7 Å². The number of benzene rings is 1. The van der Waals surface area contributed by atoms with E-state index in [2.05, 4.69) is 0 Å². The van der Waals surface area contributed by atoms with E-state index in [9.17, 15) is 8.42 Å². The third-order valence-corrected chi connectivity index (χ3v) is 4.16. The average Bonchev–Trinajstić information content (AvgIpc) is 2.26. The van der Waals surface area contributed by atoms with Gasteiger partial charge in [-0.2, -0.15) is 0 Å². The summed E-state index contributed by atoms with van der Waals surface area (Å²) in [5, 5.41) is 5.27. The van der Waals surface area contributed by atoms with Crippen LogP contribution in [0.15, 0.2) is 17.0 Å². The summed E-state index contributed by atoms with van der Waals surface area (Å²) < 4.78 is 23.2. The molecule has 2 rings (SSSR count). The van der Waals surface area contributed by atoms with Gasteiger partial charge in [0.05, 0.1) is 5.69 Å². The van der Waals surface area contributed by atoms with Gasteiger partial charge in [0.2, 0.25) is 10.0 Å². The lowest BCUT2D eigenvalue weighted by molar-refractivity contribution is 0.597. The Morgan fingerprint density at radius 1 is 1.18 bits per heavy atom. The molecule has 1 aliphatic rings. The van der Waals surface area contributed by atoms with Crippen molar-refractivity contribution in [2.45, 2.75) is 30.6 Å². The Labute approximate surface area is 102 Å². The van der Waals surface area contributed by atoms with Gasteiger partial charge in [0.1, 0.15) is 4.90 Å². The van der Waals surface area contributed by atoms with Crippen molar-refractivity contribution in [2.24, 2.45) is 5.14 Å². The first-order valence-corrected chi connectivity index (χ1v) is 7.31. The molecular formula is C12H18N2O2S. The molecule has 0 radical (unpaired) electrons. The van der Waals surface area contributed by atoms with Crippen molar-refractivity contribution in [3.05, 3.63) is 23.3 Å². The molecule has 0 fully saturated rings. The van der Waals surface area contributed by atoms with E-state index in [4.69, 9.17) is 5.14 Å². The highest BCUT2D eigenvalue weighted by Crippen LogP contribution is 2.34. The second-order valence-electron chi connectivity index (χ2n) is 4.70. The molecule has 17 heavy (non-hydrogen) atoms. The van der Waals surface area contributed by atoms with E-state index in [0.717, 1.165) is 30.5 Å². The fourth-order valence-electron chi connectivity index (χ4n) is 2.51. The molecule has 0 saturated carbocycles. The minimum atomic E-state index is -3.65. The van der Waals surface area contributed by atoms with Gasteiger partial charge in [0.25, 0.3) is 0 Å². The highest BCUT2D eigenvalue weighted by atomic mass is 32.2. The van der Waals surface area contributed by atoms with Crippen molar-refractivity contribution in [1.82, 2.24) is 0 Å². The van der Waals surface area contributed by atoms with Crippen LogP contribution in [0.4, 0.5) is 5.69 Å². The number of nitrogens with zero attached hydrogens (tertiary/aromatic N) is 1. The van der Waals surface area contributed by atoms with Gasteiger partial charge in [-0.05, 0) is 42.9 Å². The molecule has 2 N–H and O–H groups in total. The van der Waals surface area contributed by atoms with Gasteiger partial charge in [0.15, 0.2) is 0 Å². The lowest BCUT2D eigenvalue weighted by Gasteiger charge is -2.25. The lowest BCUT2D eigenvalue weighted by atomic mass is 9.90. The third-order valence-electron chi connectivity index (χ3n) is 3.22. The van der Waals surface area contributed by atoms with Gasteiger partial charge >= 0.3 is 0 Å². The minimum absolute atomic E-state index is 0.239. The molecule has 4 nitrogen and oxygen atoms in total. The summed E-state index contributed by atoms with van der Waals surface area (Å²) in [4.78, 5) is 2.09. The Balaban J connectivity index is 2.71. The summed E-state index contributed by atoms with van der Waals surface area (Å²) in [5.41, 5.74) is 3.17. The van der Waals surface area contributed by atoms with E-state index in [-0.39, 0.29) is 4.90 Å². The first kappa shape index (κ1) is 12.4. The van der Waals surface area contributed by atoms with E-state index >= 15 is 0 Å². The number of nitrogens with two attached hydrogens (primary N) is 1. The van der Waals surface area contributed by atoms with Crippen molar-refractivity contribution in [2.75, 3.05) is 19.0 Å². The van der Waals surface area contributed by atoms with Crippen LogP contribution in [0, 0.1) is 0 Å². The van der Waals surface area contributed by atoms with Crippen LogP contribution in [0.2, 0.25) is 0 Å². The Morgan fingerprint density at radius 3 is 2.41 bits per heavy atom. The smallest absolute Gasteiger partial charge is 0.240 e. The molecule has 5 heteroatoms. The normalized spacial score (nSPS) is 15.5. The molecule has 0 bridgehead atoms. The number of sulfonamides is 1. The maximum atomic E-state index is 11.6. The van der Waals surface area contributed by atoms with Crippen LogP contribution < -0.4 is 10.0 Å². The van der Waals surface area contributed by atoms with E-state index in [1.165, 1.54) is 12.0 Å². The second-order valence-corrected chi connectivity index (χ2v) is 6.23. The number of primary sulfonamides is 1. The van der Waals surface area contributed by atoms with E-state index in [0.29, 0.717) is 0 Å². The van der Waals surface area contributed by atoms with Crippen LogP contribution in [-0.2, 0) is 22.9 Å². The maximum Gasteiger partial charge on any atom is 0.240 e. The van der Waals surface area contributed by atoms with Gasteiger partial charge < -0.3 is 4.90 Å². The Bertz CT molecular complexity index is 536. The van der Waals surface area contributed by atoms with Crippen molar-refractivity contribution in [3.8, 4) is 0 Å². The van der Waals surface area contributed by atoms with Crippen molar-refractivity contribution < 1.29 is 8.42 Å². The topological polar surface area (TPSA) is 63.4 Å². The highest BCUT2D eigenvalue weighted by Gasteiger charge is 2.22. The summed E-state index contributed by atoms with van der Waals surface area (Å²) in [7, 11) is 0.0664. The van der Waals surface area contributed by atoms with E-state index < -0.39 is 10.0 Å². The number of hydrogen-bond acceptors (Lipinski definition) is 3. The zero-order chi connectivity index (χ0) is 12.6. The molecule has 1 aliphatic carbocycles. The van der Waals surface area contributed by atoms with Crippen LogP contribution in [0.1, 0.15) is 24.0 Å². The van der Waals surface area contributed by atoms with Crippen LogP contribution >= 0.6 is 0 Å². The standard InChI is InChI=1S/C12H18N2O2S/c1-14(2)12-10-6-4-3-5-9(10)7-8-11(12)17(13,15)16/h7-8H,3-6H2,1-2H3,(H2,13,15,16). The fourth-order valence-corrected chi connectivity index (χ4v) is 3.34. The number of fused-ring (bicyclic) bond motifs is 1. The van der Waals surface area contributed by atoms with E-state index in [1.54, 1.807) is 6.07 Å². The summed E-state index contributed by atoms with van der Waals surface area (Å²) in [6.45, 7) is 0. The average molecular weight is 254 g/mol. The molecule has 1 aromatic carbocycles. The second kappa shape index (κ2) is 4.31. The Morgan fingerprint density at radius 2 is 1.82 bits per heavy atom. The SMILES string of the molecule is CN(C)c1c(S(N)(=O)=O)ccc2c1CCCC2. The molecule has 0 aliphatic heterocycles. The summed E-state index contributed by atoms with van der Waals surface area (Å²) in [6.07, 6.45) is 4.25. The Kier molecular flexibility index (Phi) is 3.14.